The van der Waals surface area contributed by atoms with E-state index in [0.717, 1.165) is 12.8 Å². The van der Waals surface area contributed by atoms with Crippen molar-refractivity contribution in [2.45, 2.75) is 19.8 Å². The number of amides is 1. The summed E-state index contributed by atoms with van der Waals surface area (Å²) < 4.78 is 10.2. The largest absolute Gasteiger partial charge is 0.494 e. The van der Waals surface area contributed by atoms with Gasteiger partial charge in [0, 0.05) is 11.8 Å². The fourth-order valence-electron chi connectivity index (χ4n) is 2.39. The number of nitro benzene ring substituents is 1. The first kappa shape index (κ1) is 21.7. The molecule has 0 radical (unpaired) electrons. The van der Waals surface area contributed by atoms with Crippen molar-refractivity contribution in [2.24, 2.45) is 0 Å². The second-order valence-electron chi connectivity index (χ2n) is 6.11. The van der Waals surface area contributed by atoms with E-state index in [9.17, 15) is 19.7 Å². The van der Waals surface area contributed by atoms with Crippen LogP contribution in [0.5, 0.6) is 5.75 Å². The Labute approximate surface area is 168 Å². The van der Waals surface area contributed by atoms with E-state index in [1.54, 1.807) is 24.3 Å². The van der Waals surface area contributed by atoms with Crippen molar-refractivity contribution in [1.82, 2.24) is 0 Å². The highest BCUT2D eigenvalue weighted by Crippen LogP contribution is 2.28. The fourth-order valence-corrected chi connectivity index (χ4v) is 2.39. The molecule has 2 N–H and O–H groups in total. The van der Waals surface area contributed by atoms with Crippen molar-refractivity contribution in [3.8, 4) is 5.75 Å². The number of unbranched alkanes of at least 4 members (excludes halogenated alkanes) is 1. The van der Waals surface area contributed by atoms with Crippen LogP contribution in [0, 0.1) is 10.1 Å². The number of benzene rings is 2. The third kappa shape index (κ3) is 6.49. The van der Waals surface area contributed by atoms with Crippen molar-refractivity contribution in [2.75, 3.05) is 30.9 Å². The van der Waals surface area contributed by atoms with Gasteiger partial charge in [0.25, 0.3) is 5.69 Å². The molecule has 1 amide bonds. The molecular formula is C20H23N3O6. The minimum Gasteiger partial charge on any atom is -0.494 e. The molecule has 154 valence electrons. The summed E-state index contributed by atoms with van der Waals surface area (Å²) in [6, 6.07) is 10.5. The van der Waals surface area contributed by atoms with Gasteiger partial charge in [0.1, 0.15) is 5.75 Å². The topological polar surface area (TPSA) is 120 Å². The standard InChI is InChI=1S/C20H23N3O6/c1-3-4-11-29-20(25)14-5-7-15(8-6-14)21-13-19(24)22-17-10-9-16(23(26)27)12-18(17)28-2/h5-10,12,21H,3-4,11,13H2,1-2H3,(H,22,24). The molecule has 0 atom stereocenters. The lowest BCUT2D eigenvalue weighted by molar-refractivity contribution is -0.384. The van der Waals surface area contributed by atoms with Crippen molar-refractivity contribution >= 4 is 28.9 Å². The van der Waals surface area contributed by atoms with Gasteiger partial charge in [0.2, 0.25) is 5.91 Å². The average molecular weight is 401 g/mol. The molecule has 0 fully saturated rings. The van der Waals surface area contributed by atoms with E-state index in [2.05, 4.69) is 10.6 Å². The summed E-state index contributed by atoms with van der Waals surface area (Å²) in [5.74, 6) is -0.549. The maximum absolute atomic E-state index is 12.2. The molecule has 0 aromatic heterocycles. The zero-order chi connectivity index (χ0) is 21.2. The van der Waals surface area contributed by atoms with Crippen molar-refractivity contribution in [3.05, 3.63) is 58.1 Å². The number of nitrogens with one attached hydrogen (secondary N) is 2. The predicted molar refractivity (Wildman–Crippen MR) is 108 cm³/mol. The summed E-state index contributed by atoms with van der Waals surface area (Å²) in [7, 11) is 1.36. The monoisotopic (exact) mass is 401 g/mol. The summed E-state index contributed by atoms with van der Waals surface area (Å²) in [6.45, 7) is 2.37. The van der Waals surface area contributed by atoms with Crippen molar-refractivity contribution in [3.63, 3.8) is 0 Å². The zero-order valence-electron chi connectivity index (χ0n) is 16.3. The molecule has 0 heterocycles. The second kappa shape index (κ2) is 10.6. The normalized spacial score (nSPS) is 10.1. The van der Waals surface area contributed by atoms with Crippen LogP contribution in [-0.4, -0.2) is 37.1 Å². The molecule has 9 nitrogen and oxygen atoms in total. The van der Waals surface area contributed by atoms with E-state index in [0.29, 0.717) is 23.5 Å². The number of carbonyl (C=O) groups is 2. The van der Waals surface area contributed by atoms with Crippen LogP contribution in [0.4, 0.5) is 17.1 Å². The maximum Gasteiger partial charge on any atom is 0.338 e. The number of non-ortho nitro benzene ring substituents is 1. The van der Waals surface area contributed by atoms with Gasteiger partial charge in [-0.2, -0.15) is 0 Å². The highest BCUT2D eigenvalue weighted by molar-refractivity contribution is 5.95. The maximum atomic E-state index is 12.2. The van der Waals surface area contributed by atoms with Crippen molar-refractivity contribution in [1.29, 1.82) is 0 Å². The minimum atomic E-state index is -0.543. The molecule has 2 aromatic rings. The molecule has 0 unspecified atom stereocenters. The Bertz CT molecular complexity index is 867. The Hall–Kier alpha value is -3.62. The highest BCUT2D eigenvalue weighted by atomic mass is 16.6. The summed E-state index contributed by atoms with van der Waals surface area (Å²) >= 11 is 0. The number of esters is 1. The number of hydrogen-bond acceptors (Lipinski definition) is 7. The third-order valence-corrected chi connectivity index (χ3v) is 3.97. The molecule has 0 aliphatic rings. The van der Waals surface area contributed by atoms with Gasteiger partial charge >= 0.3 is 5.97 Å². The Balaban J connectivity index is 1.89. The number of anilines is 2. The molecule has 0 spiro atoms. The van der Waals surface area contributed by atoms with E-state index in [1.807, 2.05) is 6.92 Å². The molecule has 0 aliphatic heterocycles. The van der Waals surface area contributed by atoms with Gasteiger partial charge in [0.15, 0.2) is 0 Å². The van der Waals surface area contributed by atoms with E-state index in [-0.39, 0.29) is 29.9 Å². The molecule has 0 aliphatic carbocycles. The molecule has 9 heteroatoms. The average Bonchev–Trinajstić information content (AvgIpc) is 2.72. The molecule has 2 rings (SSSR count). The van der Waals surface area contributed by atoms with E-state index < -0.39 is 4.92 Å². The predicted octanol–water partition coefficient (Wildman–Crippen LogP) is 3.61. The Kier molecular flexibility index (Phi) is 7.96. The minimum absolute atomic E-state index is 0.0412. The Morgan fingerprint density at radius 3 is 2.48 bits per heavy atom. The van der Waals surface area contributed by atoms with Gasteiger partial charge in [-0.1, -0.05) is 13.3 Å². The number of nitro groups is 1. The Morgan fingerprint density at radius 2 is 1.86 bits per heavy atom. The quantitative estimate of drug-likeness (QED) is 0.270. The number of carbonyl (C=O) groups excluding carboxylic acids is 2. The molecule has 29 heavy (non-hydrogen) atoms. The summed E-state index contributed by atoms with van der Waals surface area (Å²) in [5, 5.41) is 16.4. The third-order valence-electron chi connectivity index (χ3n) is 3.97. The lowest BCUT2D eigenvalue weighted by Crippen LogP contribution is -2.22. The van der Waals surface area contributed by atoms with E-state index in [1.165, 1.54) is 25.3 Å². The number of rotatable bonds is 10. The lowest BCUT2D eigenvalue weighted by atomic mass is 10.2. The van der Waals surface area contributed by atoms with Crippen molar-refractivity contribution < 1.29 is 24.0 Å². The molecule has 0 bridgehead atoms. The van der Waals surface area contributed by atoms with Crippen LogP contribution in [0.2, 0.25) is 0 Å². The first-order chi connectivity index (χ1) is 13.9. The van der Waals surface area contributed by atoms with Gasteiger partial charge < -0.3 is 20.1 Å². The molecule has 0 saturated carbocycles. The van der Waals surface area contributed by atoms with E-state index >= 15 is 0 Å². The highest BCUT2D eigenvalue weighted by Gasteiger charge is 2.13. The first-order valence-electron chi connectivity index (χ1n) is 9.08. The second-order valence-corrected chi connectivity index (χ2v) is 6.11. The van der Waals surface area contributed by atoms with Gasteiger partial charge in [-0.25, -0.2) is 4.79 Å². The van der Waals surface area contributed by atoms with Crippen LogP contribution in [-0.2, 0) is 9.53 Å². The fraction of sp³-hybridized carbons (Fsp3) is 0.300. The Morgan fingerprint density at radius 1 is 1.14 bits per heavy atom. The summed E-state index contributed by atoms with van der Waals surface area (Å²) in [6.07, 6.45) is 1.77. The van der Waals surface area contributed by atoms with E-state index in [4.69, 9.17) is 9.47 Å². The van der Waals surface area contributed by atoms with Crippen LogP contribution in [0.3, 0.4) is 0 Å². The summed E-state index contributed by atoms with van der Waals surface area (Å²) in [5.41, 5.74) is 1.29. The van der Waals surface area contributed by atoms with Gasteiger partial charge in [0.05, 0.1) is 42.5 Å². The van der Waals surface area contributed by atoms with Gasteiger partial charge in [-0.3, -0.25) is 14.9 Å². The molecule has 2 aromatic carbocycles. The van der Waals surface area contributed by atoms with Crippen LogP contribution in [0.15, 0.2) is 42.5 Å². The molecule has 0 saturated heterocycles. The zero-order valence-corrected chi connectivity index (χ0v) is 16.3. The molecular weight excluding hydrogens is 378 g/mol. The SMILES string of the molecule is CCCCOC(=O)c1ccc(NCC(=O)Nc2ccc([N+](=O)[O-])cc2OC)cc1. The van der Waals surface area contributed by atoms with Gasteiger partial charge in [-0.05, 0) is 36.8 Å². The van der Waals surface area contributed by atoms with Crippen LogP contribution < -0.4 is 15.4 Å². The number of ether oxygens (including phenoxy) is 2. The first-order valence-corrected chi connectivity index (χ1v) is 9.08. The number of hydrogen-bond donors (Lipinski definition) is 2. The number of nitrogens with zero attached hydrogens (tertiary/aromatic N) is 1. The summed E-state index contributed by atoms with van der Waals surface area (Å²) in [4.78, 5) is 34.3. The van der Waals surface area contributed by atoms with Crippen LogP contribution in [0.1, 0.15) is 30.1 Å². The smallest absolute Gasteiger partial charge is 0.338 e. The lowest BCUT2D eigenvalue weighted by Gasteiger charge is -2.11. The van der Waals surface area contributed by atoms with Crippen LogP contribution in [0.25, 0.3) is 0 Å². The van der Waals surface area contributed by atoms with Gasteiger partial charge in [-0.15, -0.1) is 0 Å². The number of methoxy groups -OCH3 is 1. The van der Waals surface area contributed by atoms with Crippen LogP contribution >= 0.6 is 0 Å².